The van der Waals surface area contributed by atoms with Crippen LogP contribution in [0, 0.1) is 13.8 Å². The minimum absolute atomic E-state index is 0.118. The number of nitrogens with one attached hydrogen (secondary N) is 1. The molecule has 0 saturated heterocycles. The number of amides is 1. The molecule has 5 nitrogen and oxygen atoms in total. The number of nitrogens with zero attached hydrogens (tertiary/aromatic N) is 1. The van der Waals surface area contributed by atoms with Gasteiger partial charge in [0, 0.05) is 5.56 Å². The quantitative estimate of drug-likeness (QED) is 0.771. The number of carbonyl (C=O) groups excluding carboxylic acids is 1. The summed E-state index contributed by atoms with van der Waals surface area (Å²) in [5, 5.41) is 2.92. The first-order valence-electron chi connectivity index (χ1n) is 7.90. The van der Waals surface area contributed by atoms with Gasteiger partial charge in [0.1, 0.15) is 17.3 Å². The Labute approximate surface area is 140 Å². The van der Waals surface area contributed by atoms with Gasteiger partial charge in [-0.15, -0.1) is 0 Å². The Morgan fingerprint density at radius 1 is 1.12 bits per heavy atom. The van der Waals surface area contributed by atoms with E-state index < -0.39 is 0 Å². The largest absolute Gasteiger partial charge is 0.464 e. The Morgan fingerprint density at radius 3 is 2.54 bits per heavy atom. The summed E-state index contributed by atoms with van der Waals surface area (Å²) in [5.41, 5.74) is 1.54. The van der Waals surface area contributed by atoms with Crippen LogP contribution in [0.25, 0.3) is 11.5 Å². The molecule has 0 aliphatic heterocycles. The fourth-order valence-electron chi connectivity index (χ4n) is 2.50. The summed E-state index contributed by atoms with van der Waals surface area (Å²) in [6.45, 7) is 5.59. The number of aromatic nitrogens is 1. The molecule has 124 valence electrons. The lowest BCUT2D eigenvalue weighted by Gasteiger charge is -2.10. The molecule has 2 heterocycles. The third kappa shape index (κ3) is 3.56. The lowest BCUT2D eigenvalue weighted by Crippen LogP contribution is -2.28. The Bertz CT molecular complexity index is 833. The van der Waals surface area contributed by atoms with Crippen molar-refractivity contribution in [1.29, 1.82) is 0 Å². The van der Waals surface area contributed by atoms with Gasteiger partial charge in [-0.25, -0.2) is 4.98 Å². The smallest absolute Gasteiger partial charge is 0.226 e. The van der Waals surface area contributed by atoms with Gasteiger partial charge in [0.05, 0.1) is 18.2 Å². The van der Waals surface area contributed by atoms with Gasteiger partial charge in [0.2, 0.25) is 11.8 Å². The van der Waals surface area contributed by atoms with Crippen LogP contribution >= 0.6 is 0 Å². The molecular formula is C19H20N2O3. The van der Waals surface area contributed by atoms with Crippen molar-refractivity contribution in [2.24, 2.45) is 0 Å². The van der Waals surface area contributed by atoms with Crippen LogP contribution < -0.4 is 5.32 Å². The third-order valence-corrected chi connectivity index (χ3v) is 3.81. The van der Waals surface area contributed by atoms with Gasteiger partial charge in [0.15, 0.2) is 0 Å². The maximum atomic E-state index is 12.3. The highest BCUT2D eigenvalue weighted by molar-refractivity contribution is 5.78. The topological polar surface area (TPSA) is 68.3 Å². The van der Waals surface area contributed by atoms with Crippen molar-refractivity contribution < 1.29 is 13.6 Å². The lowest BCUT2D eigenvalue weighted by atomic mass is 10.2. The van der Waals surface area contributed by atoms with Gasteiger partial charge in [-0.1, -0.05) is 18.2 Å². The summed E-state index contributed by atoms with van der Waals surface area (Å²) in [5.74, 6) is 2.64. The highest BCUT2D eigenvalue weighted by atomic mass is 16.4. The molecule has 1 atom stereocenters. The van der Waals surface area contributed by atoms with E-state index in [1.807, 2.05) is 63.2 Å². The SMILES string of the molecule is Cc1ccc(C(C)NC(=O)Cc2nc(-c3ccccc3)oc2C)o1. The molecule has 1 N–H and O–H groups in total. The van der Waals surface area contributed by atoms with E-state index in [-0.39, 0.29) is 18.4 Å². The molecule has 24 heavy (non-hydrogen) atoms. The van der Waals surface area contributed by atoms with Crippen LogP contribution in [0.3, 0.4) is 0 Å². The fourth-order valence-corrected chi connectivity index (χ4v) is 2.50. The molecule has 1 unspecified atom stereocenters. The van der Waals surface area contributed by atoms with E-state index in [1.54, 1.807) is 0 Å². The third-order valence-electron chi connectivity index (χ3n) is 3.81. The van der Waals surface area contributed by atoms with Crippen molar-refractivity contribution in [3.63, 3.8) is 0 Å². The number of rotatable bonds is 5. The number of oxazole rings is 1. The minimum Gasteiger partial charge on any atom is -0.464 e. The van der Waals surface area contributed by atoms with Crippen molar-refractivity contribution in [3.8, 4) is 11.5 Å². The second-order valence-electron chi connectivity index (χ2n) is 5.80. The Morgan fingerprint density at radius 2 is 1.88 bits per heavy atom. The van der Waals surface area contributed by atoms with E-state index in [9.17, 15) is 4.79 Å². The highest BCUT2D eigenvalue weighted by Crippen LogP contribution is 2.22. The first kappa shape index (κ1) is 16.1. The van der Waals surface area contributed by atoms with E-state index in [4.69, 9.17) is 8.83 Å². The van der Waals surface area contributed by atoms with Gasteiger partial charge in [-0.3, -0.25) is 4.79 Å². The van der Waals surface area contributed by atoms with Crippen molar-refractivity contribution in [2.75, 3.05) is 0 Å². The summed E-state index contributed by atoms with van der Waals surface area (Å²) in [6.07, 6.45) is 0.173. The average Bonchev–Trinajstić information content (AvgIpc) is 3.15. The van der Waals surface area contributed by atoms with Gasteiger partial charge >= 0.3 is 0 Å². The van der Waals surface area contributed by atoms with Crippen molar-refractivity contribution in [1.82, 2.24) is 10.3 Å². The normalized spacial score (nSPS) is 12.1. The molecule has 0 bridgehead atoms. The van der Waals surface area contributed by atoms with Crippen LogP contribution in [-0.2, 0) is 11.2 Å². The molecule has 0 aliphatic carbocycles. The molecule has 2 aromatic heterocycles. The average molecular weight is 324 g/mol. The zero-order valence-corrected chi connectivity index (χ0v) is 14.0. The monoisotopic (exact) mass is 324 g/mol. The zero-order valence-electron chi connectivity index (χ0n) is 14.0. The van der Waals surface area contributed by atoms with Crippen LogP contribution in [0.15, 0.2) is 51.3 Å². The van der Waals surface area contributed by atoms with Crippen LogP contribution in [0.1, 0.15) is 35.9 Å². The summed E-state index contributed by atoms with van der Waals surface area (Å²) < 4.78 is 11.2. The van der Waals surface area contributed by atoms with Crippen LogP contribution in [0.5, 0.6) is 0 Å². The number of hydrogen-bond acceptors (Lipinski definition) is 4. The Balaban J connectivity index is 1.67. The number of furan rings is 1. The maximum Gasteiger partial charge on any atom is 0.226 e. The number of hydrogen-bond donors (Lipinski definition) is 1. The fraction of sp³-hybridized carbons (Fsp3) is 0.263. The molecule has 5 heteroatoms. The molecule has 1 amide bonds. The van der Waals surface area contributed by atoms with Crippen LogP contribution in [0.4, 0.5) is 0 Å². The van der Waals surface area contributed by atoms with Crippen LogP contribution in [-0.4, -0.2) is 10.9 Å². The second kappa shape index (κ2) is 6.74. The molecule has 3 aromatic rings. The van der Waals surface area contributed by atoms with E-state index in [2.05, 4.69) is 10.3 Å². The summed E-state index contributed by atoms with van der Waals surface area (Å²) in [7, 11) is 0. The Kier molecular flexibility index (Phi) is 4.51. The van der Waals surface area contributed by atoms with Gasteiger partial charge in [-0.2, -0.15) is 0 Å². The zero-order chi connectivity index (χ0) is 17.1. The summed E-state index contributed by atoms with van der Waals surface area (Å²) in [4.78, 5) is 16.7. The molecule has 0 fully saturated rings. The van der Waals surface area contributed by atoms with Gasteiger partial charge < -0.3 is 14.2 Å². The van der Waals surface area contributed by atoms with E-state index in [1.165, 1.54) is 0 Å². The van der Waals surface area contributed by atoms with E-state index in [0.29, 0.717) is 17.3 Å². The highest BCUT2D eigenvalue weighted by Gasteiger charge is 2.17. The van der Waals surface area contributed by atoms with Crippen LogP contribution in [0.2, 0.25) is 0 Å². The molecule has 3 rings (SSSR count). The van der Waals surface area contributed by atoms with Gasteiger partial charge in [-0.05, 0) is 45.0 Å². The van der Waals surface area contributed by atoms with E-state index >= 15 is 0 Å². The summed E-state index contributed by atoms with van der Waals surface area (Å²) >= 11 is 0. The number of carbonyl (C=O) groups is 1. The molecule has 0 aliphatic rings. The second-order valence-corrected chi connectivity index (χ2v) is 5.80. The molecule has 0 radical (unpaired) electrons. The van der Waals surface area contributed by atoms with Gasteiger partial charge in [0.25, 0.3) is 0 Å². The van der Waals surface area contributed by atoms with E-state index in [0.717, 1.165) is 17.1 Å². The Hall–Kier alpha value is -2.82. The van der Waals surface area contributed by atoms with Crippen molar-refractivity contribution in [3.05, 3.63) is 65.4 Å². The molecule has 0 spiro atoms. The first-order valence-corrected chi connectivity index (χ1v) is 7.90. The lowest BCUT2D eigenvalue weighted by molar-refractivity contribution is -0.121. The predicted octanol–water partition coefficient (Wildman–Crippen LogP) is 3.97. The molecule has 1 aromatic carbocycles. The first-order chi connectivity index (χ1) is 11.5. The standard InChI is InChI=1S/C19H20N2O3/c1-12-9-10-17(23-12)13(2)20-18(22)11-16-14(3)24-19(21-16)15-7-5-4-6-8-15/h4-10,13H,11H2,1-3H3,(H,20,22). The number of benzene rings is 1. The minimum atomic E-state index is -0.188. The maximum absolute atomic E-state index is 12.3. The van der Waals surface area contributed by atoms with Crippen molar-refractivity contribution in [2.45, 2.75) is 33.2 Å². The van der Waals surface area contributed by atoms with Crippen molar-refractivity contribution >= 4 is 5.91 Å². The molecular weight excluding hydrogens is 304 g/mol. The number of aryl methyl sites for hydroxylation is 2. The predicted molar refractivity (Wildman–Crippen MR) is 90.4 cm³/mol. The molecule has 0 saturated carbocycles. The summed E-state index contributed by atoms with van der Waals surface area (Å²) in [6, 6.07) is 13.2.